The molecule has 10 heteroatoms. The van der Waals surface area contributed by atoms with Crippen molar-refractivity contribution in [1.29, 1.82) is 0 Å². The lowest BCUT2D eigenvalue weighted by Crippen LogP contribution is -2.37. The number of likely N-dealkylation sites (N-methyl/N-ethyl adjacent to an activating group) is 1. The number of hydrogen-bond acceptors (Lipinski definition) is 8. The van der Waals surface area contributed by atoms with Gasteiger partial charge >= 0.3 is 11.9 Å². The molecule has 0 fully saturated rings. The Morgan fingerprint density at radius 1 is 0.330 bits per heavy atom. The molecule has 0 saturated heterocycles. The number of allylic oxidation sites excluding steroid dienone is 32. The monoisotopic (exact) mass is 1320 g/mol. The number of phosphoric ester groups is 1. The molecule has 0 aromatic rings. The van der Waals surface area contributed by atoms with E-state index < -0.39 is 32.5 Å². The van der Waals surface area contributed by atoms with Gasteiger partial charge in [-0.2, -0.15) is 0 Å². The smallest absolute Gasteiger partial charge is 0.306 e. The molecule has 530 valence electrons. The third-order valence-electron chi connectivity index (χ3n) is 15.1. The van der Waals surface area contributed by atoms with Gasteiger partial charge in [-0.05, 0) is 141 Å². The molecule has 0 saturated carbocycles. The summed E-state index contributed by atoms with van der Waals surface area (Å²) >= 11 is 0. The third kappa shape index (κ3) is 75.9. The Morgan fingerprint density at radius 3 is 0.862 bits per heavy atom. The van der Waals surface area contributed by atoms with Gasteiger partial charge in [0.05, 0.1) is 27.7 Å². The maximum atomic E-state index is 12.9. The van der Waals surface area contributed by atoms with Gasteiger partial charge in [-0.1, -0.05) is 311 Å². The van der Waals surface area contributed by atoms with E-state index in [1.54, 1.807) is 0 Å². The molecule has 0 aliphatic carbocycles. The van der Waals surface area contributed by atoms with Crippen LogP contribution in [0.1, 0.15) is 271 Å². The SMILES string of the molecule is CC/C=C\C/C=C\C/C=C\C/C=C\C/C=C\C/C=C\C/C=C\C/C=C\C/C=C\CCCCCC(=O)OC(COC(=O)CCCCCCCCCCCCCCCCCCC/C=C\C/C=C\C/C=C\C/C=C\C/C=C\C/C=C\C/C=C\CC)COP(=O)([O-])OCC[N+](C)(C)C. The second kappa shape index (κ2) is 72.1. The summed E-state index contributed by atoms with van der Waals surface area (Å²) in [5.41, 5.74) is 0. The van der Waals surface area contributed by atoms with E-state index in [4.69, 9.17) is 18.5 Å². The molecule has 0 aliphatic heterocycles. The Kier molecular flexibility index (Phi) is 68.2. The molecule has 0 radical (unpaired) electrons. The Morgan fingerprint density at radius 2 is 0.574 bits per heavy atom. The van der Waals surface area contributed by atoms with Crippen molar-refractivity contribution < 1.29 is 42.1 Å². The first-order valence-corrected chi connectivity index (χ1v) is 38.6. The number of esters is 2. The van der Waals surface area contributed by atoms with Crippen LogP contribution >= 0.6 is 7.82 Å². The van der Waals surface area contributed by atoms with Gasteiger partial charge in [-0.15, -0.1) is 0 Å². The molecule has 2 atom stereocenters. The number of phosphoric acid groups is 1. The quantitative estimate of drug-likeness (QED) is 0.0195. The molecule has 0 bridgehead atoms. The van der Waals surface area contributed by atoms with Gasteiger partial charge in [-0.3, -0.25) is 14.2 Å². The summed E-state index contributed by atoms with van der Waals surface area (Å²) in [6.45, 7) is 3.96. The van der Waals surface area contributed by atoms with E-state index in [0.29, 0.717) is 17.4 Å². The normalized spacial score (nSPS) is 14.2. The van der Waals surface area contributed by atoms with Crippen LogP contribution in [0.15, 0.2) is 194 Å². The van der Waals surface area contributed by atoms with Gasteiger partial charge in [0.2, 0.25) is 0 Å². The maximum Gasteiger partial charge on any atom is 0.306 e. The Labute approximate surface area is 577 Å². The predicted octanol–water partition coefficient (Wildman–Crippen LogP) is 24.2. The average Bonchev–Trinajstić information content (AvgIpc) is 1.66. The van der Waals surface area contributed by atoms with Crippen LogP contribution in [-0.2, 0) is 32.7 Å². The van der Waals surface area contributed by atoms with Crippen LogP contribution in [0.4, 0.5) is 0 Å². The summed E-state index contributed by atoms with van der Waals surface area (Å²) in [5, 5.41) is 0. The zero-order chi connectivity index (χ0) is 68.3. The van der Waals surface area contributed by atoms with Crippen molar-refractivity contribution in [2.45, 2.75) is 277 Å². The number of carbonyl (C=O) groups is 2. The molecule has 0 N–H and O–H groups in total. The fraction of sp³-hybridized carbons (Fsp3) is 0.595. The van der Waals surface area contributed by atoms with E-state index >= 15 is 0 Å². The molecule has 94 heavy (non-hydrogen) atoms. The lowest BCUT2D eigenvalue weighted by Gasteiger charge is -2.28. The first-order chi connectivity index (χ1) is 46.0. The zero-order valence-electron chi connectivity index (χ0n) is 60.3. The molecule has 0 rings (SSSR count). The van der Waals surface area contributed by atoms with E-state index in [2.05, 4.69) is 208 Å². The van der Waals surface area contributed by atoms with Crippen molar-refractivity contribution in [1.82, 2.24) is 0 Å². The number of carbonyl (C=O) groups excluding carboxylic acids is 2. The average molecular weight is 1320 g/mol. The molecule has 0 heterocycles. The predicted molar refractivity (Wildman–Crippen MR) is 406 cm³/mol. The minimum atomic E-state index is -4.67. The van der Waals surface area contributed by atoms with Crippen molar-refractivity contribution in [3.63, 3.8) is 0 Å². The first-order valence-electron chi connectivity index (χ1n) is 37.1. The van der Waals surface area contributed by atoms with Gasteiger partial charge in [0.25, 0.3) is 7.82 Å². The highest BCUT2D eigenvalue weighted by Gasteiger charge is 2.22. The van der Waals surface area contributed by atoms with Gasteiger partial charge in [0.15, 0.2) is 6.10 Å². The second-order valence-corrected chi connectivity index (χ2v) is 26.6. The lowest BCUT2D eigenvalue weighted by atomic mass is 10.0. The van der Waals surface area contributed by atoms with Crippen molar-refractivity contribution in [3.05, 3.63) is 194 Å². The van der Waals surface area contributed by atoms with E-state index in [0.717, 1.165) is 148 Å². The Bertz CT molecular complexity index is 2290. The van der Waals surface area contributed by atoms with E-state index in [1.807, 2.05) is 21.1 Å². The van der Waals surface area contributed by atoms with Crippen LogP contribution in [0.25, 0.3) is 0 Å². The number of hydrogen-bond donors (Lipinski definition) is 0. The number of unbranched alkanes of at least 4 members (excludes halogenated alkanes) is 20. The Hall–Kier alpha value is -5.15. The molecule has 2 unspecified atom stereocenters. The fourth-order valence-electron chi connectivity index (χ4n) is 9.51. The number of ether oxygens (including phenoxy) is 2. The van der Waals surface area contributed by atoms with Crippen LogP contribution in [0, 0.1) is 0 Å². The molecule has 0 aromatic heterocycles. The van der Waals surface area contributed by atoms with Crippen molar-refractivity contribution >= 4 is 19.8 Å². The van der Waals surface area contributed by atoms with Crippen LogP contribution < -0.4 is 4.89 Å². The van der Waals surface area contributed by atoms with Crippen molar-refractivity contribution in [2.24, 2.45) is 0 Å². The molecule has 0 spiro atoms. The second-order valence-electron chi connectivity index (χ2n) is 25.2. The molecule has 0 aliphatic rings. The maximum absolute atomic E-state index is 12.9. The van der Waals surface area contributed by atoms with E-state index in [1.165, 1.54) is 89.9 Å². The molecular formula is C84H136NO8P. The molecular weight excluding hydrogens is 1180 g/mol. The molecule has 0 amide bonds. The van der Waals surface area contributed by atoms with Crippen LogP contribution in [-0.4, -0.2) is 70.0 Å². The zero-order valence-corrected chi connectivity index (χ0v) is 61.2. The van der Waals surface area contributed by atoms with Gasteiger partial charge in [-0.25, -0.2) is 0 Å². The van der Waals surface area contributed by atoms with Gasteiger partial charge < -0.3 is 27.9 Å². The van der Waals surface area contributed by atoms with Crippen molar-refractivity contribution in [2.75, 3.05) is 47.5 Å². The van der Waals surface area contributed by atoms with Crippen LogP contribution in [0.2, 0.25) is 0 Å². The van der Waals surface area contributed by atoms with Crippen LogP contribution in [0.5, 0.6) is 0 Å². The highest BCUT2D eigenvalue weighted by Crippen LogP contribution is 2.38. The summed E-state index contributed by atoms with van der Waals surface area (Å²) in [4.78, 5) is 38.1. The summed E-state index contributed by atoms with van der Waals surface area (Å²) in [6, 6.07) is 0. The lowest BCUT2D eigenvalue weighted by molar-refractivity contribution is -0.870. The Balaban J connectivity index is 4.11. The summed E-state index contributed by atoms with van der Waals surface area (Å²) in [7, 11) is 1.12. The van der Waals surface area contributed by atoms with Crippen molar-refractivity contribution in [3.8, 4) is 0 Å². The number of rotatable bonds is 66. The minimum Gasteiger partial charge on any atom is -0.756 e. The standard InChI is InChI=1S/C84H136NO8P/c1-6-8-10-12-14-16-18-20-22-24-26-28-30-32-34-36-38-39-40-41-42-43-44-45-47-48-50-52-54-56-58-60-62-64-66-68-70-72-74-76-83(86)90-80-82(81-92-94(88,89)91-79-78-85(3,4)5)93-84(87)77-75-73-71-69-67-65-63-61-59-57-55-53-51-49-46-37-35-33-31-29-27-25-23-21-19-17-15-13-11-9-7-2/h8-11,14-17,20-23,26-29,32-35,38-39,41-42,46,49,53,55,59,61,65,67,82H,6-7,12-13,18-19,24-25,30-31,36-37,40,43-45,47-48,50-52,54,56-58,60,62-64,66,68-81H2,1-5H3/b10-8-,11-9-,16-14-,17-15-,22-20-,23-21-,28-26-,29-27-,34-32-,35-33-,39-38-,42-41-,49-46-,55-53-,61-59-,67-65-. The summed E-state index contributed by atoms with van der Waals surface area (Å²) in [6.07, 6.45) is 112. The summed E-state index contributed by atoms with van der Waals surface area (Å²) < 4.78 is 34.3. The summed E-state index contributed by atoms with van der Waals surface area (Å²) in [5.74, 6) is -0.880. The molecule has 9 nitrogen and oxygen atoms in total. The highest BCUT2D eigenvalue weighted by molar-refractivity contribution is 7.45. The topological polar surface area (TPSA) is 111 Å². The first kappa shape index (κ1) is 88.8. The largest absolute Gasteiger partial charge is 0.756 e. The number of quaternary nitrogens is 1. The van der Waals surface area contributed by atoms with Crippen LogP contribution in [0.3, 0.4) is 0 Å². The highest BCUT2D eigenvalue weighted by atomic mass is 31.2. The molecule has 0 aromatic carbocycles. The minimum absolute atomic E-state index is 0.0469. The van der Waals surface area contributed by atoms with Gasteiger partial charge in [0.1, 0.15) is 19.8 Å². The third-order valence-corrected chi connectivity index (χ3v) is 16.1. The fourth-order valence-corrected chi connectivity index (χ4v) is 10.2. The number of nitrogens with zero attached hydrogens (tertiary/aromatic N) is 1. The van der Waals surface area contributed by atoms with Gasteiger partial charge in [0, 0.05) is 12.8 Å². The van der Waals surface area contributed by atoms with E-state index in [-0.39, 0.29) is 26.1 Å². The van der Waals surface area contributed by atoms with E-state index in [9.17, 15) is 19.0 Å².